The van der Waals surface area contributed by atoms with Gasteiger partial charge in [0.15, 0.2) is 11.5 Å². The summed E-state index contributed by atoms with van der Waals surface area (Å²) in [5.74, 6) is -0.628. The fourth-order valence-electron chi connectivity index (χ4n) is 3.57. The van der Waals surface area contributed by atoms with Crippen LogP contribution in [0.15, 0.2) is 96.1 Å². The zero-order chi connectivity index (χ0) is 27.8. The van der Waals surface area contributed by atoms with E-state index in [1.807, 2.05) is 38.1 Å². The summed E-state index contributed by atoms with van der Waals surface area (Å²) in [5, 5.41) is 6.80. The van der Waals surface area contributed by atoms with Crippen molar-refractivity contribution in [1.82, 2.24) is 5.43 Å². The molecule has 0 saturated heterocycles. The quantitative estimate of drug-likeness (QED) is 0.137. The number of methoxy groups -OCH3 is 1. The molecule has 4 aromatic carbocycles. The van der Waals surface area contributed by atoms with Crippen molar-refractivity contribution < 1.29 is 23.9 Å². The van der Waals surface area contributed by atoms with Crippen LogP contribution in [0.5, 0.6) is 11.5 Å². The number of ether oxygens (including phenoxy) is 2. The van der Waals surface area contributed by atoms with E-state index in [1.165, 1.54) is 13.3 Å². The second kappa shape index (κ2) is 12.3. The lowest BCUT2D eigenvalue weighted by Gasteiger charge is -2.10. The topological polar surface area (TPSA) is 106 Å². The number of aryl methyl sites for hydroxylation is 2. The Morgan fingerprint density at radius 3 is 2.05 bits per heavy atom. The number of hydrogen-bond acceptors (Lipinski definition) is 6. The third-order valence-corrected chi connectivity index (χ3v) is 5.75. The number of hydrogen-bond donors (Lipinski definition) is 2. The normalized spacial score (nSPS) is 10.6. The van der Waals surface area contributed by atoms with Gasteiger partial charge in [-0.15, -0.1) is 0 Å². The number of nitrogens with one attached hydrogen (secondary N) is 2. The molecule has 8 nitrogen and oxygen atoms in total. The molecule has 0 fully saturated rings. The lowest BCUT2D eigenvalue weighted by atomic mass is 10.1. The van der Waals surface area contributed by atoms with Gasteiger partial charge in [0.2, 0.25) is 0 Å². The van der Waals surface area contributed by atoms with E-state index < -0.39 is 11.9 Å². The summed E-state index contributed by atoms with van der Waals surface area (Å²) in [4.78, 5) is 37.5. The van der Waals surface area contributed by atoms with E-state index in [9.17, 15) is 14.4 Å². The average Bonchev–Trinajstić information content (AvgIpc) is 2.94. The van der Waals surface area contributed by atoms with Crippen LogP contribution in [-0.2, 0) is 0 Å². The molecule has 0 aromatic heterocycles. The van der Waals surface area contributed by atoms with Crippen molar-refractivity contribution in [3.63, 3.8) is 0 Å². The van der Waals surface area contributed by atoms with Crippen LogP contribution in [0.25, 0.3) is 0 Å². The highest BCUT2D eigenvalue weighted by atomic mass is 16.6. The Morgan fingerprint density at radius 2 is 1.38 bits per heavy atom. The number of amides is 2. The largest absolute Gasteiger partial charge is 0.493 e. The molecule has 0 aliphatic carbocycles. The lowest BCUT2D eigenvalue weighted by Crippen LogP contribution is -2.18. The van der Waals surface area contributed by atoms with Crippen molar-refractivity contribution in [3.8, 4) is 11.5 Å². The van der Waals surface area contributed by atoms with E-state index in [4.69, 9.17) is 9.47 Å². The number of esters is 1. The third kappa shape index (κ3) is 7.17. The number of hydrazone groups is 1. The zero-order valence-corrected chi connectivity index (χ0v) is 21.7. The molecule has 0 atom stereocenters. The maximum Gasteiger partial charge on any atom is 0.343 e. The molecule has 2 amide bonds. The molecule has 196 valence electrons. The second-order valence-electron chi connectivity index (χ2n) is 8.77. The standard InChI is InChI=1S/C31H27N3O5/c1-20-7-12-23(13-8-20)29(35)33-26-6-4-5-25(18-26)30(36)34-32-19-22-11-16-27(28(17-22)38-3)39-31(37)24-14-9-21(2)10-15-24/h4-19H,1-3H3,(H,33,35)(H,34,36). The second-order valence-corrected chi connectivity index (χ2v) is 8.77. The number of carbonyl (C=O) groups excluding carboxylic acids is 3. The summed E-state index contributed by atoms with van der Waals surface area (Å²) in [7, 11) is 1.46. The van der Waals surface area contributed by atoms with E-state index in [-0.39, 0.29) is 11.7 Å². The molecule has 0 aliphatic heterocycles. The monoisotopic (exact) mass is 521 g/mol. The minimum atomic E-state index is -0.501. The van der Waals surface area contributed by atoms with Crippen molar-refractivity contribution in [1.29, 1.82) is 0 Å². The van der Waals surface area contributed by atoms with Crippen LogP contribution in [-0.4, -0.2) is 31.1 Å². The number of carbonyl (C=O) groups is 3. The van der Waals surface area contributed by atoms with Gasteiger partial charge in [-0.3, -0.25) is 9.59 Å². The Kier molecular flexibility index (Phi) is 8.48. The van der Waals surface area contributed by atoms with Gasteiger partial charge in [-0.05, 0) is 80.1 Å². The summed E-state index contributed by atoms with van der Waals surface area (Å²) in [5.41, 5.74) is 6.93. The molecular formula is C31H27N3O5. The van der Waals surface area contributed by atoms with Gasteiger partial charge in [-0.2, -0.15) is 5.10 Å². The molecule has 8 heteroatoms. The van der Waals surface area contributed by atoms with Crippen LogP contribution in [0.3, 0.4) is 0 Å². The van der Waals surface area contributed by atoms with Crippen LogP contribution in [0.1, 0.15) is 47.8 Å². The molecule has 39 heavy (non-hydrogen) atoms. The van der Waals surface area contributed by atoms with Gasteiger partial charge < -0.3 is 14.8 Å². The Bertz CT molecular complexity index is 1530. The van der Waals surface area contributed by atoms with Gasteiger partial charge in [-0.1, -0.05) is 41.5 Å². The van der Waals surface area contributed by atoms with Crippen molar-refractivity contribution >= 4 is 29.7 Å². The van der Waals surface area contributed by atoms with Crippen LogP contribution in [0.2, 0.25) is 0 Å². The molecule has 4 aromatic rings. The Hall–Kier alpha value is -5.24. The molecule has 4 rings (SSSR count). The molecule has 0 radical (unpaired) electrons. The molecule has 0 heterocycles. The Morgan fingerprint density at radius 1 is 0.718 bits per heavy atom. The first kappa shape index (κ1) is 26.8. The minimum Gasteiger partial charge on any atom is -0.493 e. The van der Waals surface area contributed by atoms with Crippen molar-refractivity contribution in [3.05, 3.63) is 124 Å². The van der Waals surface area contributed by atoms with Crippen LogP contribution < -0.4 is 20.2 Å². The molecule has 0 aliphatic rings. The van der Waals surface area contributed by atoms with Crippen LogP contribution in [0.4, 0.5) is 5.69 Å². The van der Waals surface area contributed by atoms with Gasteiger partial charge in [0.25, 0.3) is 11.8 Å². The highest BCUT2D eigenvalue weighted by molar-refractivity contribution is 6.05. The summed E-state index contributed by atoms with van der Waals surface area (Å²) in [6, 6.07) is 25.7. The predicted octanol–water partition coefficient (Wildman–Crippen LogP) is 5.55. The van der Waals surface area contributed by atoms with Crippen LogP contribution in [0, 0.1) is 13.8 Å². The number of nitrogens with zero attached hydrogens (tertiary/aromatic N) is 1. The van der Waals surface area contributed by atoms with Crippen molar-refractivity contribution in [2.24, 2.45) is 5.10 Å². The number of benzene rings is 4. The summed E-state index contributed by atoms with van der Waals surface area (Å²) >= 11 is 0. The molecule has 0 bridgehead atoms. The molecule has 0 unspecified atom stereocenters. The van der Waals surface area contributed by atoms with Gasteiger partial charge in [-0.25, -0.2) is 10.2 Å². The van der Waals surface area contributed by atoms with Crippen LogP contribution >= 0.6 is 0 Å². The molecule has 2 N–H and O–H groups in total. The van der Waals surface area contributed by atoms with Crippen molar-refractivity contribution in [2.45, 2.75) is 13.8 Å². The SMILES string of the molecule is COc1cc(C=NNC(=O)c2cccc(NC(=O)c3ccc(C)cc3)c2)ccc1OC(=O)c1ccc(C)cc1. The number of anilines is 1. The summed E-state index contributed by atoms with van der Waals surface area (Å²) in [6.07, 6.45) is 1.44. The summed E-state index contributed by atoms with van der Waals surface area (Å²) in [6.45, 7) is 3.88. The Balaban J connectivity index is 1.37. The van der Waals surface area contributed by atoms with Crippen molar-refractivity contribution in [2.75, 3.05) is 12.4 Å². The van der Waals surface area contributed by atoms with E-state index in [1.54, 1.807) is 66.7 Å². The first-order valence-corrected chi connectivity index (χ1v) is 12.1. The average molecular weight is 522 g/mol. The van der Waals surface area contributed by atoms with Gasteiger partial charge in [0, 0.05) is 16.8 Å². The third-order valence-electron chi connectivity index (χ3n) is 5.75. The number of rotatable bonds is 8. The molecule has 0 spiro atoms. The Labute approximate surface area is 226 Å². The predicted molar refractivity (Wildman–Crippen MR) is 150 cm³/mol. The fourth-order valence-corrected chi connectivity index (χ4v) is 3.57. The van der Waals surface area contributed by atoms with E-state index >= 15 is 0 Å². The van der Waals surface area contributed by atoms with Gasteiger partial charge >= 0.3 is 5.97 Å². The smallest absolute Gasteiger partial charge is 0.343 e. The van der Waals surface area contributed by atoms with E-state index in [0.717, 1.165) is 11.1 Å². The summed E-state index contributed by atoms with van der Waals surface area (Å²) < 4.78 is 10.8. The maximum absolute atomic E-state index is 12.6. The first-order valence-electron chi connectivity index (χ1n) is 12.1. The lowest BCUT2D eigenvalue weighted by molar-refractivity contribution is 0.0729. The molecule has 0 saturated carbocycles. The fraction of sp³-hybridized carbons (Fsp3) is 0.0968. The van der Waals surface area contributed by atoms with E-state index in [2.05, 4.69) is 15.8 Å². The maximum atomic E-state index is 12.6. The minimum absolute atomic E-state index is 0.258. The van der Waals surface area contributed by atoms with Gasteiger partial charge in [0.05, 0.1) is 18.9 Å². The molecular weight excluding hydrogens is 494 g/mol. The van der Waals surface area contributed by atoms with Gasteiger partial charge in [0.1, 0.15) is 0 Å². The highest BCUT2D eigenvalue weighted by Gasteiger charge is 2.13. The van der Waals surface area contributed by atoms with E-state index in [0.29, 0.717) is 33.7 Å². The first-order chi connectivity index (χ1) is 18.8. The zero-order valence-electron chi connectivity index (χ0n) is 21.7. The highest BCUT2D eigenvalue weighted by Crippen LogP contribution is 2.28.